The zero-order valence-corrected chi connectivity index (χ0v) is 28.1. The molecular formula is C40H42F2N4O2. The lowest BCUT2D eigenvalue weighted by Gasteiger charge is -2.31. The fourth-order valence-corrected chi connectivity index (χ4v) is 6.82. The van der Waals surface area contributed by atoms with E-state index >= 15 is 0 Å². The number of ether oxygens (including phenoxy) is 2. The van der Waals surface area contributed by atoms with Gasteiger partial charge in [0.2, 0.25) is 0 Å². The van der Waals surface area contributed by atoms with E-state index in [-0.39, 0.29) is 11.6 Å². The maximum Gasteiger partial charge on any atom is 0.123 e. The van der Waals surface area contributed by atoms with Gasteiger partial charge in [-0.2, -0.15) is 10.5 Å². The van der Waals surface area contributed by atoms with Crippen LogP contribution in [0.25, 0.3) is 0 Å². The highest BCUT2D eigenvalue weighted by molar-refractivity contribution is 5.49. The lowest BCUT2D eigenvalue weighted by Crippen LogP contribution is -2.28. The fourth-order valence-electron chi connectivity index (χ4n) is 6.82. The minimum Gasteiger partial charge on any atom is -0.361 e. The lowest BCUT2D eigenvalue weighted by molar-refractivity contribution is -0.0141. The molecular weight excluding hydrogens is 606 g/mol. The number of benzene rings is 4. The molecule has 0 unspecified atom stereocenters. The van der Waals surface area contributed by atoms with Crippen molar-refractivity contribution in [2.24, 2.45) is 0 Å². The Bertz CT molecular complexity index is 1660. The molecule has 0 saturated carbocycles. The number of nitrogens with zero attached hydrogens (tertiary/aromatic N) is 4. The molecule has 2 atom stereocenters. The van der Waals surface area contributed by atoms with Crippen molar-refractivity contribution in [2.45, 2.75) is 50.1 Å². The van der Waals surface area contributed by atoms with Crippen LogP contribution < -0.4 is 0 Å². The van der Waals surface area contributed by atoms with Gasteiger partial charge in [0.05, 0.1) is 36.5 Å². The number of hydrogen-bond donors (Lipinski definition) is 0. The van der Waals surface area contributed by atoms with Crippen molar-refractivity contribution in [1.82, 2.24) is 9.80 Å². The minimum atomic E-state index is -0.562. The van der Waals surface area contributed by atoms with Gasteiger partial charge in [-0.15, -0.1) is 0 Å². The smallest absolute Gasteiger partial charge is 0.123 e. The van der Waals surface area contributed by atoms with Crippen LogP contribution in [0, 0.1) is 34.3 Å². The highest BCUT2D eigenvalue weighted by Gasteiger charge is 2.42. The fraction of sp³-hybridized carbons (Fsp3) is 0.350. The molecule has 6 rings (SSSR count). The molecule has 0 saturated heterocycles. The molecule has 0 aromatic heterocycles. The van der Waals surface area contributed by atoms with Crippen LogP contribution in [0.4, 0.5) is 8.78 Å². The van der Waals surface area contributed by atoms with Gasteiger partial charge in [-0.3, -0.25) is 0 Å². The number of halogens is 2. The molecule has 0 fully saturated rings. The third-order valence-electron chi connectivity index (χ3n) is 9.18. The highest BCUT2D eigenvalue weighted by atomic mass is 19.1. The third kappa shape index (κ3) is 7.49. The first kappa shape index (κ1) is 34.9. The average Bonchev–Trinajstić information content (AvgIpc) is 3.64. The van der Waals surface area contributed by atoms with E-state index in [4.69, 9.17) is 20.0 Å². The summed E-state index contributed by atoms with van der Waals surface area (Å²) < 4.78 is 39.3. The second-order valence-corrected chi connectivity index (χ2v) is 13.0. The Kier molecular flexibility index (Phi) is 11.0. The number of rotatable bonds is 10. The van der Waals surface area contributed by atoms with Crippen molar-refractivity contribution in [3.05, 3.63) is 141 Å². The molecule has 6 nitrogen and oxygen atoms in total. The van der Waals surface area contributed by atoms with E-state index in [1.54, 1.807) is 24.3 Å². The lowest BCUT2D eigenvalue weighted by atomic mass is 9.81. The van der Waals surface area contributed by atoms with E-state index < -0.39 is 11.2 Å². The summed E-state index contributed by atoms with van der Waals surface area (Å²) in [5, 5.41) is 18.2. The molecule has 0 radical (unpaired) electrons. The van der Waals surface area contributed by atoms with Crippen LogP contribution >= 0.6 is 0 Å². The van der Waals surface area contributed by atoms with Crippen molar-refractivity contribution in [1.29, 1.82) is 10.5 Å². The van der Waals surface area contributed by atoms with Gasteiger partial charge in [0.25, 0.3) is 0 Å². The topological polar surface area (TPSA) is 72.5 Å². The van der Waals surface area contributed by atoms with Crippen molar-refractivity contribution < 1.29 is 18.3 Å². The first-order valence-electron chi connectivity index (χ1n) is 16.3. The second kappa shape index (κ2) is 15.2. The number of nitriles is 2. The van der Waals surface area contributed by atoms with E-state index in [2.05, 4.69) is 21.9 Å². The van der Waals surface area contributed by atoms with Gasteiger partial charge in [0.1, 0.15) is 22.8 Å². The molecule has 2 heterocycles. The summed E-state index contributed by atoms with van der Waals surface area (Å²) in [4.78, 5) is 4.29. The highest BCUT2D eigenvalue weighted by Crippen LogP contribution is 2.47. The van der Waals surface area contributed by atoms with Crippen LogP contribution in [-0.2, 0) is 33.9 Å². The third-order valence-corrected chi connectivity index (χ3v) is 9.18. The predicted molar refractivity (Wildman–Crippen MR) is 182 cm³/mol. The van der Waals surface area contributed by atoms with Gasteiger partial charge in [-0.05, 0) is 149 Å². The number of fused-ring (bicyclic) bond motifs is 2. The maximum absolute atomic E-state index is 13.4. The van der Waals surface area contributed by atoms with Gasteiger partial charge in [-0.1, -0.05) is 36.4 Å². The Morgan fingerprint density at radius 1 is 0.604 bits per heavy atom. The normalized spacial score (nSPS) is 19.3. The average molecular weight is 649 g/mol. The monoisotopic (exact) mass is 648 g/mol. The predicted octanol–water partition coefficient (Wildman–Crippen LogP) is 7.63. The summed E-state index contributed by atoms with van der Waals surface area (Å²) >= 11 is 0. The van der Waals surface area contributed by atoms with E-state index in [0.29, 0.717) is 24.3 Å². The van der Waals surface area contributed by atoms with Crippen LogP contribution in [0.1, 0.15) is 70.2 Å². The van der Waals surface area contributed by atoms with Gasteiger partial charge < -0.3 is 19.3 Å². The Hall–Kier alpha value is -4.44. The molecule has 0 aliphatic carbocycles. The van der Waals surface area contributed by atoms with Gasteiger partial charge in [0, 0.05) is 0 Å². The Morgan fingerprint density at radius 2 is 0.979 bits per heavy atom. The van der Waals surface area contributed by atoms with Crippen LogP contribution in [0.2, 0.25) is 0 Å². The largest absolute Gasteiger partial charge is 0.361 e. The standard InChI is InChI=1S/2C20H21FN2O/c2*1-23(2)11-3-10-20(17-5-7-18(21)8-6-17)19-9-4-15(13-22)12-16(19)14-24-20/h2*4-9,12H,3,10-11,14H2,1-2H3/t2*20-/m10/s1. The molecule has 248 valence electrons. The molecule has 0 amide bonds. The van der Waals surface area contributed by atoms with E-state index in [0.717, 1.165) is 72.2 Å². The van der Waals surface area contributed by atoms with Crippen molar-refractivity contribution in [3.8, 4) is 12.1 Å². The molecule has 0 spiro atoms. The van der Waals surface area contributed by atoms with Crippen molar-refractivity contribution in [3.63, 3.8) is 0 Å². The molecule has 4 aromatic rings. The molecule has 4 aromatic carbocycles. The quantitative estimate of drug-likeness (QED) is 0.176. The summed E-state index contributed by atoms with van der Waals surface area (Å²) in [5.74, 6) is -0.500. The number of hydrogen-bond acceptors (Lipinski definition) is 6. The minimum absolute atomic E-state index is 0.250. The van der Waals surface area contributed by atoms with Crippen LogP contribution in [0.3, 0.4) is 0 Å². The molecule has 2 aliphatic rings. The van der Waals surface area contributed by atoms with Crippen LogP contribution in [-0.4, -0.2) is 51.1 Å². The van der Waals surface area contributed by atoms with Crippen LogP contribution in [0.15, 0.2) is 84.9 Å². The van der Waals surface area contributed by atoms with Crippen molar-refractivity contribution in [2.75, 3.05) is 41.3 Å². The van der Waals surface area contributed by atoms with E-state index in [9.17, 15) is 8.78 Å². The summed E-state index contributed by atoms with van der Waals surface area (Å²) in [7, 11) is 8.20. The molecule has 48 heavy (non-hydrogen) atoms. The Labute approximate surface area is 282 Å². The first-order valence-corrected chi connectivity index (χ1v) is 16.3. The van der Waals surface area contributed by atoms with Gasteiger partial charge in [0.15, 0.2) is 0 Å². The summed E-state index contributed by atoms with van der Waals surface area (Å²) in [6.07, 6.45) is 3.55. The van der Waals surface area contributed by atoms with Crippen LogP contribution in [0.5, 0.6) is 0 Å². The molecule has 8 heteroatoms. The molecule has 2 aliphatic heterocycles. The summed E-state index contributed by atoms with van der Waals surface area (Å²) in [5.41, 5.74) is 6.35. The van der Waals surface area contributed by atoms with E-state index in [1.165, 1.54) is 24.3 Å². The zero-order valence-electron chi connectivity index (χ0n) is 28.1. The summed E-state index contributed by atoms with van der Waals surface area (Å²) in [6, 6.07) is 28.9. The van der Waals surface area contributed by atoms with Crippen molar-refractivity contribution >= 4 is 0 Å². The first-order chi connectivity index (χ1) is 23.1. The Balaban J connectivity index is 0.000000188. The summed E-state index contributed by atoms with van der Waals surface area (Å²) in [6.45, 7) is 2.87. The maximum atomic E-state index is 13.4. The molecule has 0 bridgehead atoms. The SMILES string of the molecule is CN(C)CCC[C@@]1(c2ccc(F)cc2)OCc2cc(C#N)ccc21.CN(C)CCC[C@]1(c2ccc(F)cc2)OCc2cc(C#N)ccc21. The zero-order chi connectivity index (χ0) is 34.3. The van der Waals surface area contributed by atoms with E-state index in [1.807, 2.05) is 64.6 Å². The van der Waals surface area contributed by atoms with Gasteiger partial charge >= 0.3 is 0 Å². The molecule has 0 N–H and O–H groups in total. The second-order valence-electron chi connectivity index (χ2n) is 13.0. The van der Waals surface area contributed by atoms with Gasteiger partial charge in [-0.25, -0.2) is 8.78 Å². The Morgan fingerprint density at radius 3 is 1.31 bits per heavy atom.